The Bertz CT molecular complexity index is 375. The number of amides is 1. The number of aliphatic hydroxyl groups is 1. The second kappa shape index (κ2) is 4.81. The first-order valence-corrected chi connectivity index (χ1v) is 4.31. The van der Waals surface area contributed by atoms with Crippen molar-refractivity contribution in [2.75, 3.05) is 6.61 Å². The fraction of sp³-hybridized carbons (Fsp3) is 0.250. The molecular weight excluding hydrogens is 226 g/mol. The van der Waals surface area contributed by atoms with E-state index in [0.717, 1.165) is 0 Å². The number of aliphatic hydroxyl groups excluding tert-OH is 1. The second-order valence-corrected chi connectivity index (χ2v) is 3.00. The Hall–Kier alpha value is -1.53. The van der Waals surface area contributed by atoms with Gasteiger partial charge in [0.05, 0.1) is 18.4 Å². The number of carbonyl (C=O) groups excluding carboxylic acids is 1. The molecule has 1 unspecified atom stereocenters. The molecule has 0 bridgehead atoms. The van der Waals surface area contributed by atoms with E-state index in [1.54, 1.807) is 0 Å². The maximum atomic E-state index is 11.4. The van der Waals surface area contributed by atoms with Gasteiger partial charge in [0.15, 0.2) is 6.04 Å². The molecule has 0 fully saturated rings. The van der Waals surface area contributed by atoms with Crippen molar-refractivity contribution in [1.82, 2.24) is 5.32 Å². The van der Waals surface area contributed by atoms with E-state index >= 15 is 0 Å². The van der Waals surface area contributed by atoms with Gasteiger partial charge in [0, 0.05) is 0 Å². The summed E-state index contributed by atoms with van der Waals surface area (Å²) in [6.07, 6.45) is 1.20. The molecule has 6 nitrogen and oxygen atoms in total. The zero-order chi connectivity index (χ0) is 11.4. The van der Waals surface area contributed by atoms with E-state index in [4.69, 9.17) is 21.8 Å². The zero-order valence-corrected chi connectivity index (χ0v) is 8.19. The summed E-state index contributed by atoms with van der Waals surface area (Å²) < 4.78 is 4.66. The number of carboxylic acid groups (broad SMARTS) is 1. The molecule has 1 atom stereocenters. The molecule has 0 aliphatic heterocycles. The lowest BCUT2D eigenvalue weighted by molar-refractivity contribution is -0.140. The smallest absolute Gasteiger partial charge is 0.328 e. The molecule has 0 saturated carbocycles. The third-order valence-corrected chi connectivity index (χ3v) is 1.94. The number of rotatable bonds is 4. The van der Waals surface area contributed by atoms with Crippen LogP contribution in [0.3, 0.4) is 0 Å². The van der Waals surface area contributed by atoms with E-state index < -0.39 is 24.5 Å². The van der Waals surface area contributed by atoms with Crippen molar-refractivity contribution >= 4 is 23.5 Å². The molecule has 0 radical (unpaired) electrons. The first-order valence-electron chi connectivity index (χ1n) is 3.93. The molecule has 1 aromatic rings. The lowest BCUT2D eigenvalue weighted by Crippen LogP contribution is -2.43. The van der Waals surface area contributed by atoms with Gasteiger partial charge in [-0.05, 0) is 17.7 Å². The van der Waals surface area contributed by atoms with Crippen LogP contribution in [0.4, 0.5) is 0 Å². The van der Waals surface area contributed by atoms with Crippen LogP contribution < -0.4 is 5.32 Å². The molecule has 1 rings (SSSR count). The fourth-order valence-electron chi connectivity index (χ4n) is 0.877. The van der Waals surface area contributed by atoms with Crippen LogP contribution in [0.15, 0.2) is 16.7 Å². The molecule has 1 aromatic heterocycles. The number of furan rings is 1. The third-order valence-electron chi connectivity index (χ3n) is 1.65. The second-order valence-electron chi connectivity index (χ2n) is 2.65. The Morgan fingerprint density at radius 1 is 1.60 bits per heavy atom. The average Bonchev–Trinajstić information content (AvgIpc) is 2.60. The Labute approximate surface area is 89.5 Å². The minimum absolute atomic E-state index is 0.0244. The van der Waals surface area contributed by atoms with E-state index in [1.165, 1.54) is 12.3 Å². The normalized spacial score (nSPS) is 12.1. The maximum Gasteiger partial charge on any atom is 0.328 e. The molecule has 7 heteroatoms. The summed E-state index contributed by atoms with van der Waals surface area (Å²) in [6, 6.07) is -0.0583. The SMILES string of the molecule is O=C(NC(CO)C(=O)O)c1ccoc1Cl. The zero-order valence-electron chi connectivity index (χ0n) is 7.44. The summed E-state index contributed by atoms with van der Waals surface area (Å²) in [5.41, 5.74) is 0.0244. The van der Waals surface area contributed by atoms with Crippen molar-refractivity contribution in [3.05, 3.63) is 23.1 Å². The van der Waals surface area contributed by atoms with Crippen LogP contribution in [0, 0.1) is 0 Å². The molecule has 3 N–H and O–H groups in total. The maximum absolute atomic E-state index is 11.4. The molecule has 0 spiro atoms. The monoisotopic (exact) mass is 233 g/mol. The van der Waals surface area contributed by atoms with Gasteiger partial charge in [0.25, 0.3) is 5.91 Å². The Kier molecular flexibility index (Phi) is 3.70. The fourth-order valence-corrected chi connectivity index (χ4v) is 1.08. The molecular formula is C8H8ClNO5. The number of nitrogens with one attached hydrogen (secondary N) is 1. The van der Waals surface area contributed by atoms with Crippen LogP contribution in [0.5, 0.6) is 0 Å². The Balaban J connectivity index is 2.71. The van der Waals surface area contributed by atoms with Crippen molar-refractivity contribution in [2.24, 2.45) is 0 Å². The van der Waals surface area contributed by atoms with E-state index in [9.17, 15) is 9.59 Å². The van der Waals surface area contributed by atoms with Gasteiger partial charge in [-0.2, -0.15) is 0 Å². The Morgan fingerprint density at radius 2 is 2.27 bits per heavy atom. The van der Waals surface area contributed by atoms with Gasteiger partial charge in [0.2, 0.25) is 5.22 Å². The molecule has 0 saturated heterocycles. The number of halogens is 1. The number of hydrogen-bond donors (Lipinski definition) is 3. The highest BCUT2D eigenvalue weighted by atomic mass is 35.5. The molecule has 1 amide bonds. The summed E-state index contributed by atoms with van der Waals surface area (Å²) in [5.74, 6) is -2.04. The van der Waals surface area contributed by atoms with Gasteiger partial charge in [0.1, 0.15) is 0 Å². The van der Waals surface area contributed by atoms with E-state index in [0.29, 0.717) is 0 Å². The van der Waals surface area contributed by atoms with Crippen molar-refractivity contribution in [1.29, 1.82) is 0 Å². The molecule has 82 valence electrons. The molecule has 0 aromatic carbocycles. The summed E-state index contributed by atoms with van der Waals surface area (Å²) in [5, 5.41) is 19.2. The van der Waals surface area contributed by atoms with Gasteiger partial charge in [-0.1, -0.05) is 0 Å². The summed E-state index contributed by atoms with van der Waals surface area (Å²) in [6.45, 7) is -0.698. The molecule has 1 heterocycles. The summed E-state index contributed by atoms with van der Waals surface area (Å²) >= 11 is 5.50. The number of carboxylic acids is 1. The van der Waals surface area contributed by atoms with Gasteiger partial charge in [-0.15, -0.1) is 0 Å². The van der Waals surface area contributed by atoms with E-state index in [-0.39, 0.29) is 10.8 Å². The molecule has 0 aliphatic carbocycles. The molecule has 15 heavy (non-hydrogen) atoms. The van der Waals surface area contributed by atoms with Gasteiger partial charge >= 0.3 is 5.97 Å². The number of carbonyl (C=O) groups is 2. The van der Waals surface area contributed by atoms with Crippen LogP contribution in [0.2, 0.25) is 5.22 Å². The highest BCUT2D eigenvalue weighted by molar-refractivity contribution is 6.32. The quantitative estimate of drug-likeness (QED) is 0.685. The summed E-state index contributed by atoms with van der Waals surface area (Å²) in [4.78, 5) is 21.9. The largest absolute Gasteiger partial charge is 0.480 e. The predicted octanol–water partition coefficient (Wildman–Crippen LogP) is 0.108. The van der Waals surface area contributed by atoms with E-state index in [1.807, 2.05) is 0 Å². The van der Waals surface area contributed by atoms with Crippen molar-refractivity contribution < 1.29 is 24.2 Å². The Morgan fingerprint density at radius 3 is 2.67 bits per heavy atom. The van der Waals surface area contributed by atoms with Crippen LogP contribution in [-0.2, 0) is 4.79 Å². The third kappa shape index (κ3) is 2.71. The topological polar surface area (TPSA) is 99.8 Å². The van der Waals surface area contributed by atoms with Crippen LogP contribution in [-0.4, -0.2) is 34.7 Å². The van der Waals surface area contributed by atoms with Crippen LogP contribution in [0.25, 0.3) is 0 Å². The van der Waals surface area contributed by atoms with Crippen molar-refractivity contribution in [2.45, 2.75) is 6.04 Å². The number of aliphatic carboxylic acids is 1. The van der Waals surface area contributed by atoms with Crippen molar-refractivity contribution in [3.63, 3.8) is 0 Å². The van der Waals surface area contributed by atoms with Crippen molar-refractivity contribution in [3.8, 4) is 0 Å². The predicted molar refractivity (Wildman–Crippen MR) is 49.7 cm³/mol. The lowest BCUT2D eigenvalue weighted by atomic mass is 10.2. The average molecular weight is 234 g/mol. The highest BCUT2D eigenvalue weighted by Crippen LogP contribution is 2.16. The van der Waals surface area contributed by atoms with Gasteiger partial charge < -0.3 is 19.9 Å². The van der Waals surface area contributed by atoms with Gasteiger partial charge in [-0.25, -0.2) is 4.79 Å². The summed E-state index contributed by atoms with van der Waals surface area (Å²) in [7, 11) is 0. The highest BCUT2D eigenvalue weighted by Gasteiger charge is 2.21. The minimum atomic E-state index is -1.36. The lowest BCUT2D eigenvalue weighted by Gasteiger charge is -2.10. The van der Waals surface area contributed by atoms with E-state index in [2.05, 4.69) is 9.73 Å². The molecule has 0 aliphatic rings. The van der Waals surface area contributed by atoms with Gasteiger partial charge in [-0.3, -0.25) is 4.79 Å². The minimum Gasteiger partial charge on any atom is -0.480 e. The number of hydrogen-bond acceptors (Lipinski definition) is 4. The van der Waals surface area contributed by atoms with Crippen LogP contribution >= 0.6 is 11.6 Å². The first-order chi connectivity index (χ1) is 7.06. The van der Waals surface area contributed by atoms with Crippen LogP contribution in [0.1, 0.15) is 10.4 Å². The first kappa shape index (κ1) is 11.5. The standard InChI is InChI=1S/C8H8ClNO5/c9-6-4(1-2-15-6)7(12)10-5(3-11)8(13)14/h1-2,5,11H,3H2,(H,10,12)(H,13,14).